The zero-order chi connectivity index (χ0) is 16.8. The molecule has 0 saturated heterocycles. The summed E-state index contributed by atoms with van der Waals surface area (Å²) in [4.78, 5) is 24.0. The fourth-order valence-electron chi connectivity index (χ4n) is 2.23. The molecular weight excluding hydrogens is 308 g/mol. The number of thioether (sulfide) groups is 1. The maximum absolute atomic E-state index is 12.0. The summed E-state index contributed by atoms with van der Waals surface area (Å²) < 4.78 is 0. The standard InChI is InChI=1S/C18H20N2O2S/c1-12-8-13(2)10-16(9-12)20-18(22)11-23-17-6-4-15(5-7-17)19-14(3)21/h4-10H,11H2,1-3H3,(H,19,21)(H,20,22). The summed E-state index contributed by atoms with van der Waals surface area (Å²) in [5.74, 6) is 0.205. The first-order valence-electron chi connectivity index (χ1n) is 7.31. The first-order valence-corrected chi connectivity index (χ1v) is 8.29. The van der Waals surface area contributed by atoms with Crippen molar-refractivity contribution in [3.8, 4) is 0 Å². The van der Waals surface area contributed by atoms with Crippen LogP contribution in [-0.2, 0) is 9.59 Å². The fourth-order valence-corrected chi connectivity index (χ4v) is 2.93. The van der Waals surface area contributed by atoms with Gasteiger partial charge in [-0.2, -0.15) is 0 Å². The molecule has 2 amide bonds. The largest absolute Gasteiger partial charge is 0.326 e. The molecule has 0 aliphatic rings. The lowest BCUT2D eigenvalue weighted by Crippen LogP contribution is -2.14. The number of nitrogens with one attached hydrogen (secondary N) is 2. The normalized spacial score (nSPS) is 10.2. The van der Waals surface area contributed by atoms with E-state index in [4.69, 9.17) is 0 Å². The lowest BCUT2D eigenvalue weighted by atomic mass is 10.1. The van der Waals surface area contributed by atoms with Crippen LogP contribution < -0.4 is 10.6 Å². The molecule has 0 atom stereocenters. The Bertz CT molecular complexity index is 691. The molecule has 4 nitrogen and oxygen atoms in total. The Morgan fingerprint density at radius 1 is 0.913 bits per heavy atom. The third kappa shape index (κ3) is 5.79. The van der Waals surface area contributed by atoms with Gasteiger partial charge in [-0.15, -0.1) is 11.8 Å². The number of hydrogen-bond donors (Lipinski definition) is 2. The van der Waals surface area contributed by atoms with E-state index in [1.807, 2.05) is 50.2 Å². The average Bonchev–Trinajstić information content (AvgIpc) is 2.45. The number of carbonyl (C=O) groups excluding carboxylic acids is 2. The summed E-state index contributed by atoms with van der Waals surface area (Å²) >= 11 is 1.46. The van der Waals surface area contributed by atoms with Gasteiger partial charge in [-0.1, -0.05) is 6.07 Å². The van der Waals surface area contributed by atoms with E-state index in [2.05, 4.69) is 16.7 Å². The lowest BCUT2D eigenvalue weighted by Gasteiger charge is -2.08. The van der Waals surface area contributed by atoms with Gasteiger partial charge in [0.1, 0.15) is 0 Å². The Hall–Kier alpha value is -2.27. The van der Waals surface area contributed by atoms with Crippen molar-refractivity contribution in [2.75, 3.05) is 16.4 Å². The topological polar surface area (TPSA) is 58.2 Å². The van der Waals surface area contributed by atoms with Crippen molar-refractivity contribution in [1.82, 2.24) is 0 Å². The summed E-state index contributed by atoms with van der Waals surface area (Å²) in [6, 6.07) is 13.4. The van der Waals surface area contributed by atoms with Crippen molar-refractivity contribution in [2.24, 2.45) is 0 Å². The van der Waals surface area contributed by atoms with Gasteiger partial charge in [0.2, 0.25) is 11.8 Å². The molecule has 2 rings (SSSR count). The second-order valence-corrected chi connectivity index (χ2v) is 6.47. The van der Waals surface area contributed by atoms with Crippen molar-refractivity contribution < 1.29 is 9.59 Å². The van der Waals surface area contributed by atoms with Crippen LogP contribution in [0.5, 0.6) is 0 Å². The number of benzene rings is 2. The molecule has 120 valence electrons. The van der Waals surface area contributed by atoms with Crippen LogP contribution >= 0.6 is 11.8 Å². The molecule has 0 saturated carbocycles. The molecule has 0 aliphatic heterocycles. The second-order valence-electron chi connectivity index (χ2n) is 5.42. The summed E-state index contributed by atoms with van der Waals surface area (Å²) in [6.07, 6.45) is 0. The molecule has 0 bridgehead atoms. The average molecular weight is 328 g/mol. The van der Waals surface area contributed by atoms with Crippen LogP contribution in [0.4, 0.5) is 11.4 Å². The summed E-state index contributed by atoms with van der Waals surface area (Å²) in [5.41, 5.74) is 3.83. The van der Waals surface area contributed by atoms with Gasteiger partial charge in [-0.3, -0.25) is 9.59 Å². The van der Waals surface area contributed by atoms with Crippen LogP contribution in [0.3, 0.4) is 0 Å². The second kappa shape index (κ2) is 7.83. The van der Waals surface area contributed by atoms with Crippen LogP contribution in [0.2, 0.25) is 0 Å². The van der Waals surface area contributed by atoms with E-state index in [1.54, 1.807) is 0 Å². The maximum Gasteiger partial charge on any atom is 0.234 e. The predicted octanol–water partition coefficient (Wildman–Crippen LogP) is 3.99. The maximum atomic E-state index is 12.0. The Balaban J connectivity index is 1.87. The van der Waals surface area contributed by atoms with Gasteiger partial charge in [0.05, 0.1) is 5.75 Å². The van der Waals surface area contributed by atoms with E-state index < -0.39 is 0 Å². The molecule has 2 N–H and O–H groups in total. The number of anilines is 2. The zero-order valence-corrected chi connectivity index (χ0v) is 14.3. The Morgan fingerprint density at radius 2 is 1.52 bits per heavy atom. The molecule has 0 spiro atoms. The van der Waals surface area contributed by atoms with E-state index in [9.17, 15) is 9.59 Å². The molecule has 0 heterocycles. The van der Waals surface area contributed by atoms with Crippen LogP contribution in [0.15, 0.2) is 47.4 Å². The van der Waals surface area contributed by atoms with Gasteiger partial charge in [0.15, 0.2) is 0 Å². The number of rotatable bonds is 5. The monoisotopic (exact) mass is 328 g/mol. The summed E-state index contributed by atoms with van der Waals surface area (Å²) in [7, 11) is 0. The van der Waals surface area contributed by atoms with Gasteiger partial charge in [-0.25, -0.2) is 0 Å². The highest BCUT2D eigenvalue weighted by Crippen LogP contribution is 2.21. The Kier molecular flexibility index (Phi) is 5.82. The highest BCUT2D eigenvalue weighted by molar-refractivity contribution is 8.00. The first kappa shape index (κ1) is 17.1. The SMILES string of the molecule is CC(=O)Nc1ccc(SCC(=O)Nc2cc(C)cc(C)c2)cc1. The van der Waals surface area contributed by atoms with Crippen LogP contribution in [0.25, 0.3) is 0 Å². The zero-order valence-electron chi connectivity index (χ0n) is 13.5. The van der Waals surface area contributed by atoms with Crippen molar-refractivity contribution in [2.45, 2.75) is 25.7 Å². The number of carbonyl (C=O) groups is 2. The Labute approximate surface area is 140 Å². The van der Waals surface area contributed by atoms with Gasteiger partial charge in [0, 0.05) is 23.2 Å². The first-order chi connectivity index (χ1) is 10.9. The lowest BCUT2D eigenvalue weighted by molar-refractivity contribution is -0.114. The van der Waals surface area contributed by atoms with Gasteiger partial charge in [-0.05, 0) is 61.4 Å². The molecule has 0 aromatic heterocycles. The Morgan fingerprint density at radius 3 is 2.09 bits per heavy atom. The fraction of sp³-hybridized carbons (Fsp3) is 0.222. The predicted molar refractivity (Wildman–Crippen MR) is 96.0 cm³/mol. The van der Waals surface area contributed by atoms with E-state index in [0.29, 0.717) is 5.75 Å². The third-order valence-electron chi connectivity index (χ3n) is 3.05. The van der Waals surface area contributed by atoms with E-state index in [1.165, 1.54) is 18.7 Å². The van der Waals surface area contributed by atoms with Crippen LogP contribution in [0, 0.1) is 13.8 Å². The minimum atomic E-state index is -0.0989. The highest BCUT2D eigenvalue weighted by atomic mass is 32.2. The van der Waals surface area contributed by atoms with E-state index in [0.717, 1.165) is 27.4 Å². The van der Waals surface area contributed by atoms with Gasteiger partial charge < -0.3 is 10.6 Å². The van der Waals surface area contributed by atoms with E-state index >= 15 is 0 Å². The summed E-state index contributed by atoms with van der Waals surface area (Å²) in [5, 5.41) is 5.63. The molecule has 2 aromatic rings. The highest BCUT2D eigenvalue weighted by Gasteiger charge is 2.05. The van der Waals surface area contributed by atoms with Gasteiger partial charge in [0.25, 0.3) is 0 Å². The van der Waals surface area contributed by atoms with Crippen molar-refractivity contribution >= 4 is 35.0 Å². The van der Waals surface area contributed by atoms with Crippen molar-refractivity contribution in [3.63, 3.8) is 0 Å². The van der Waals surface area contributed by atoms with Gasteiger partial charge >= 0.3 is 0 Å². The van der Waals surface area contributed by atoms with Crippen molar-refractivity contribution in [1.29, 1.82) is 0 Å². The molecular formula is C18H20N2O2S. The van der Waals surface area contributed by atoms with Crippen LogP contribution in [0.1, 0.15) is 18.1 Å². The molecule has 5 heteroatoms. The number of aryl methyl sites for hydroxylation is 2. The molecule has 23 heavy (non-hydrogen) atoms. The van der Waals surface area contributed by atoms with Crippen LogP contribution in [-0.4, -0.2) is 17.6 Å². The molecule has 0 fully saturated rings. The quantitative estimate of drug-likeness (QED) is 0.816. The minimum absolute atomic E-state index is 0.0362. The number of amides is 2. The molecule has 0 aliphatic carbocycles. The molecule has 0 unspecified atom stereocenters. The summed E-state index contributed by atoms with van der Waals surface area (Å²) in [6.45, 7) is 5.49. The van der Waals surface area contributed by atoms with E-state index in [-0.39, 0.29) is 11.8 Å². The molecule has 0 radical (unpaired) electrons. The minimum Gasteiger partial charge on any atom is -0.326 e. The smallest absolute Gasteiger partial charge is 0.234 e. The van der Waals surface area contributed by atoms with Crippen molar-refractivity contribution in [3.05, 3.63) is 53.6 Å². The molecule has 2 aromatic carbocycles. The number of hydrogen-bond acceptors (Lipinski definition) is 3. The third-order valence-corrected chi connectivity index (χ3v) is 4.06.